The van der Waals surface area contributed by atoms with E-state index < -0.39 is 12.2 Å². The van der Waals surface area contributed by atoms with Gasteiger partial charge in [0.1, 0.15) is 6.04 Å². The van der Waals surface area contributed by atoms with Gasteiger partial charge in [0.25, 0.3) is 0 Å². The summed E-state index contributed by atoms with van der Waals surface area (Å²) >= 11 is 0. The highest BCUT2D eigenvalue weighted by atomic mass is 19.4. The van der Waals surface area contributed by atoms with Gasteiger partial charge in [-0.3, -0.25) is 4.90 Å². The van der Waals surface area contributed by atoms with Gasteiger partial charge in [-0.25, -0.2) is 0 Å². The van der Waals surface area contributed by atoms with Crippen LogP contribution in [0.25, 0.3) is 0 Å². The number of piperidine rings is 1. The Kier molecular flexibility index (Phi) is 3.78. The Balaban J connectivity index is 2.67. The van der Waals surface area contributed by atoms with Gasteiger partial charge in [0.05, 0.1) is 0 Å². The van der Waals surface area contributed by atoms with Gasteiger partial charge in [-0.05, 0) is 26.3 Å². The topological polar surface area (TPSA) is 29.3 Å². The van der Waals surface area contributed by atoms with E-state index in [4.69, 9.17) is 5.73 Å². The van der Waals surface area contributed by atoms with Crippen LogP contribution < -0.4 is 5.73 Å². The second-order valence-electron chi connectivity index (χ2n) is 3.88. The molecule has 1 heterocycles. The summed E-state index contributed by atoms with van der Waals surface area (Å²) in [6, 6.07) is -1.46. The molecule has 1 aliphatic rings. The molecule has 1 fully saturated rings. The highest BCUT2D eigenvalue weighted by Crippen LogP contribution is 2.29. The average Bonchev–Trinajstić information content (AvgIpc) is 2.07. The molecule has 0 unspecified atom stereocenters. The quantitative estimate of drug-likeness (QED) is 0.752. The molecule has 0 aromatic rings. The van der Waals surface area contributed by atoms with Crippen LogP contribution in [0.1, 0.15) is 26.2 Å². The number of nitrogens with two attached hydrogens (primary N) is 1. The van der Waals surface area contributed by atoms with Crippen LogP contribution in [0.3, 0.4) is 0 Å². The van der Waals surface area contributed by atoms with Gasteiger partial charge in [0.2, 0.25) is 0 Å². The molecule has 0 saturated carbocycles. The molecule has 5 heteroatoms. The van der Waals surface area contributed by atoms with E-state index in [0.717, 1.165) is 19.3 Å². The summed E-state index contributed by atoms with van der Waals surface area (Å²) in [4.78, 5) is 1.49. The summed E-state index contributed by atoms with van der Waals surface area (Å²) in [5.41, 5.74) is 5.19. The molecule has 0 amide bonds. The molecule has 0 spiro atoms. The molecule has 2 N–H and O–H groups in total. The summed E-state index contributed by atoms with van der Waals surface area (Å²) in [5.74, 6) is 0. The Bertz CT molecular complexity index is 181. The first-order chi connectivity index (χ1) is 6.46. The van der Waals surface area contributed by atoms with E-state index in [0.29, 0.717) is 6.54 Å². The first kappa shape index (κ1) is 11.8. The Hall–Kier alpha value is -0.290. The third-order valence-corrected chi connectivity index (χ3v) is 2.86. The molecule has 1 rings (SSSR count). The number of halogens is 3. The Morgan fingerprint density at radius 2 is 2.07 bits per heavy atom. The minimum absolute atomic E-state index is 0.000995. The number of alkyl halides is 3. The highest BCUT2D eigenvalue weighted by Gasteiger charge is 2.44. The minimum atomic E-state index is -4.19. The molecule has 0 radical (unpaired) electrons. The molecule has 14 heavy (non-hydrogen) atoms. The summed E-state index contributed by atoms with van der Waals surface area (Å²) in [7, 11) is 0. The van der Waals surface area contributed by atoms with Crippen molar-refractivity contribution in [2.75, 3.05) is 13.1 Å². The van der Waals surface area contributed by atoms with Crippen LogP contribution in [0, 0.1) is 0 Å². The van der Waals surface area contributed by atoms with Crippen molar-refractivity contribution in [3.8, 4) is 0 Å². The molecule has 0 bridgehead atoms. The van der Waals surface area contributed by atoms with Crippen LogP contribution in [-0.2, 0) is 0 Å². The second-order valence-corrected chi connectivity index (χ2v) is 3.88. The molecular formula is C9H17F3N2. The van der Waals surface area contributed by atoms with Gasteiger partial charge in [0, 0.05) is 12.6 Å². The molecule has 1 aliphatic heterocycles. The smallest absolute Gasteiger partial charge is 0.329 e. The highest BCUT2D eigenvalue weighted by molar-refractivity contribution is 4.85. The van der Waals surface area contributed by atoms with E-state index in [9.17, 15) is 13.2 Å². The van der Waals surface area contributed by atoms with Gasteiger partial charge in [-0.2, -0.15) is 13.2 Å². The number of hydrogen-bond donors (Lipinski definition) is 1. The van der Waals surface area contributed by atoms with E-state index in [1.54, 1.807) is 0 Å². The van der Waals surface area contributed by atoms with Crippen LogP contribution in [-0.4, -0.2) is 36.2 Å². The maximum atomic E-state index is 12.6. The van der Waals surface area contributed by atoms with E-state index in [1.165, 1.54) is 4.90 Å². The molecule has 0 aliphatic carbocycles. The number of hydrogen-bond acceptors (Lipinski definition) is 2. The molecule has 2 nitrogen and oxygen atoms in total. The number of likely N-dealkylation sites (tertiary alicyclic amines) is 1. The average molecular weight is 210 g/mol. The maximum Gasteiger partial charge on any atom is 0.405 e. The summed E-state index contributed by atoms with van der Waals surface area (Å²) in [6.07, 6.45) is -1.49. The van der Waals surface area contributed by atoms with Crippen molar-refractivity contribution in [1.29, 1.82) is 0 Å². The van der Waals surface area contributed by atoms with Crippen molar-refractivity contribution in [2.45, 2.75) is 44.4 Å². The molecular weight excluding hydrogens is 193 g/mol. The summed E-state index contributed by atoms with van der Waals surface area (Å²) in [5, 5.41) is 0. The lowest BCUT2D eigenvalue weighted by Gasteiger charge is -2.39. The van der Waals surface area contributed by atoms with Crippen molar-refractivity contribution < 1.29 is 13.2 Å². The first-order valence-corrected chi connectivity index (χ1v) is 4.99. The third kappa shape index (κ3) is 2.60. The lowest BCUT2D eigenvalue weighted by molar-refractivity contribution is -0.188. The zero-order valence-electron chi connectivity index (χ0n) is 8.35. The fourth-order valence-electron chi connectivity index (χ4n) is 2.04. The standard InChI is InChI=1S/C9H17F3N2/c1-7-4-2-3-5-14(7)8(6-13)9(10,11)12/h7-8H,2-6,13H2,1H3/t7-,8-/m1/s1. The van der Waals surface area contributed by atoms with Crippen molar-refractivity contribution in [1.82, 2.24) is 4.90 Å². The van der Waals surface area contributed by atoms with E-state index in [2.05, 4.69) is 0 Å². The van der Waals surface area contributed by atoms with E-state index in [-0.39, 0.29) is 12.6 Å². The fourth-order valence-corrected chi connectivity index (χ4v) is 2.04. The van der Waals surface area contributed by atoms with Gasteiger partial charge in [0.15, 0.2) is 0 Å². The lowest BCUT2D eigenvalue weighted by atomic mass is 10.0. The van der Waals surface area contributed by atoms with Gasteiger partial charge in [-0.15, -0.1) is 0 Å². The van der Waals surface area contributed by atoms with Crippen LogP contribution >= 0.6 is 0 Å². The molecule has 0 aromatic carbocycles. The molecule has 1 saturated heterocycles. The lowest BCUT2D eigenvalue weighted by Crippen LogP contribution is -2.55. The predicted molar refractivity (Wildman–Crippen MR) is 48.9 cm³/mol. The van der Waals surface area contributed by atoms with Crippen LogP contribution in [0.15, 0.2) is 0 Å². The van der Waals surface area contributed by atoms with E-state index >= 15 is 0 Å². The Morgan fingerprint density at radius 3 is 2.50 bits per heavy atom. The number of rotatable bonds is 2. The van der Waals surface area contributed by atoms with Gasteiger partial charge in [-0.1, -0.05) is 6.42 Å². The van der Waals surface area contributed by atoms with Crippen molar-refractivity contribution in [3.63, 3.8) is 0 Å². The van der Waals surface area contributed by atoms with Crippen molar-refractivity contribution in [3.05, 3.63) is 0 Å². The summed E-state index contributed by atoms with van der Waals surface area (Å²) in [6.45, 7) is 2.02. The van der Waals surface area contributed by atoms with Crippen molar-refractivity contribution >= 4 is 0 Å². The normalized spacial score (nSPS) is 27.6. The van der Waals surface area contributed by atoms with Crippen LogP contribution in [0.2, 0.25) is 0 Å². The first-order valence-electron chi connectivity index (χ1n) is 4.99. The van der Waals surface area contributed by atoms with Crippen LogP contribution in [0.4, 0.5) is 13.2 Å². The SMILES string of the molecule is C[C@@H]1CCCCN1[C@H](CN)C(F)(F)F. The van der Waals surface area contributed by atoms with Gasteiger partial charge >= 0.3 is 6.18 Å². The zero-order chi connectivity index (χ0) is 10.8. The minimum Gasteiger partial charge on any atom is -0.329 e. The summed E-state index contributed by atoms with van der Waals surface area (Å²) < 4.78 is 37.7. The molecule has 84 valence electrons. The molecule has 0 aromatic heterocycles. The zero-order valence-corrected chi connectivity index (χ0v) is 8.35. The largest absolute Gasteiger partial charge is 0.405 e. The maximum absolute atomic E-state index is 12.6. The predicted octanol–water partition coefficient (Wildman–Crippen LogP) is 1.75. The Morgan fingerprint density at radius 1 is 1.43 bits per heavy atom. The fraction of sp³-hybridized carbons (Fsp3) is 1.00. The van der Waals surface area contributed by atoms with Gasteiger partial charge < -0.3 is 5.73 Å². The molecule has 2 atom stereocenters. The number of nitrogens with zero attached hydrogens (tertiary/aromatic N) is 1. The second kappa shape index (κ2) is 4.49. The third-order valence-electron chi connectivity index (χ3n) is 2.86. The van der Waals surface area contributed by atoms with Crippen LogP contribution in [0.5, 0.6) is 0 Å². The Labute approximate surface area is 82.2 Å². The monoisotopic (exact) mass is 210 g/mol. The van der Waals surface area contributed by atoms with E-state index in [1.807, 2.05) is 6.92 Å². The van der Waals surface area contributed by atoms with Crippen molar-refractivity contribution in [2.24, 2.45) is 5.73 Å².